The highest BCUT2D eigenvalue weighted by molar-refractivity contribution is 9.10. The number of benzene rings is 3. The topological polar surface area (TPSA) is 29.5 Å². The van der Waals surface area contributed by atoms with Crippen LogP contribution in [0, 0.1) is 6.92 Å². The van der Waals surface area contributed by atoms with Crippen LogP contribution in [0.25, 0.3) is 11.8 Å². The number of carbonyl (C=O) groups is 1. The third kappa shape index (κ3) is 4.32. The van der Waals surface area contributed by atoms with E-state index in [1.54, 1.807) is 4.90 Å². The number of halogens is 2. The van der Waals surface area contributed by atoms with E-state index in [2.05, 4.69) is 15.9 Å². The number of rotatable bonds is 5. The quantitative estimate of drug-likeness (QED) is 0.349. The van der Waals surface area contributed by atoms with Gasteiger partial charge in [0.15, 0.2) is 0 Å². The molecule has 0 aromatic heterocycles. The summed E-state index contributed by atoms with van der Waals surface area (Å²) in [7, 11) is 0. The molecule has 0 spiro atoms. The average molecular weight is 495 g/mol. The predicted molar refractivity (Wildman–Crippen MR) is 131 cm³/mol. The van der Waals surface area contributed by atoms with E-state index in [1.165, 1.54) is 0 Å². The van der Waals surface area contributed by atoms with Crippen molar-refractivity contribution in [3.63, 3.8) is 0 Å². The Hall–Kier alpha value is -2.82. The third-order valence-electron chi connectivity index (χ3n) is 5.11. The van der Waals surface area contributed by atoms with E-state index >= 15 is 0 Å². The lowest BCUT2D eigenvalue weighted by atomic mass is 10.1. The Labute approximate surface area is 195 Å². The molecule has 1 heterocycles. The first-order valence-electron chi connectivity index (χ1n) is 10.0. The number of ether oxygens (including phenoxy) is 1. The smallest absolute Gasteiger partial charge is 0.262 e. The summed E-state index contributed by atoms with van der Waals surface area (Å²) >= 11 is 9.92. The highest BCUT2D eigenvalue weighted by atomic mass is 79.9. The Morgan fingerprint density at radius 1 is 1.06 bits per heavy atom. The lowest BCUT2D eigenvalue weighted by Gasteiger charge is -2.23. The second-order valence-corrected chi connectivity index (χ2v) is 8.40. The van der Waals surface area contributed by atoms with Gasteiger partial charge in [-0.2, -0.15) is 0 Å². The molecule has 1 amide bonds. The van der Waals surface area contributed by atoms with E-state index in [1.807, 2.05) is 92.7 Å². The molecule has 5 heteroatoms. The molecule has 0 radical (unpaired) electrons. The van der Waals surface area contributed by atoms with Crippen LogP contribution in [0.2, 0.25) is 5.02 Å². The molecule has 3 aromatic carbocycles. The van der Waals surface area contributed by atoms with Crippen molar-refractivity contribution in [3.05, 3.63) is 105 Å². The van der Waals surface area contributed by atoms with E-state index in [0.717, 1.165) is 38.3 Å². The monoisotopic (exact) mass is 493 g/mol. The molecular formula is C26H21BrClNO2. The molecule has 31 heavy (non-hydrogen) atoms. The van der Waals surface area contributed by atoms with Gasteiger partial charge in [-0.15, -0.1) is 0 Å². The van der Waals surface area contributed by atoms with Crippen molar-refractivity contribution in [1.29, 1.82) is 0 Å². The zero-order chi connectivity index (χ0) is 22.0. The van der Waals surface area contributed by atoms with Gasteiger partial charge in [-0.05, 0) is 82.9 Å². The van der Waals surface area contributed by atoms with Crippen LogP contribution in [0.3, 0.4) is 0 Å². The van der Waals surface area contributed by atoms with Crippen LogP contribution in [0.4, 0.5) is 5.69 Å². The Balaban J connectivity index is 1.81. The summed E-state index contributed by atoms with van der Waals surface area (Å²) in [6.07, 6.45) is 3.83. The largest absolute Gasteiger partial charge is 0.493 e. The molecule has 1 aliphatic heterocycles. The lowest BCUT2D eigenvalue weighted by Crippen LogP contribution is -2.25. The summed E-state index contributed by atoms with van der Waals surface area (Å²) < 4.78 is 6.44. The number of carbonyl (C=O) groups excluding carboxylic acids is 1. The van der Waals surface area contributed by atoms with Crippen LogP contribution in [0.15, 0.2) is 82.9 Å². The van der Waals surface area contributed by atoms with Crippen molar-refractivity contribution in [1.82, 2.24) is 0 Å². The molecule has 0 aliphatic carbocycles. The first kappa shape index (κ1) is 21.4. The molecule has 1 aliphatic rings. The second kappa shape index (κ2) is 9.13. The molecule has 3 aromatic rings. The molecule has 0 atom stereocenters. The van der Waals surface area contributed by atoms with Crippen molar-refractivity contribution in [2.45, 2.75) is 13.8 Å². The summed E-state index contributed by atoms with van der Waals surface area (Å²) in [4.78, 5) is 15.3. The molecule has 0 fully saturated rings. The maximum absolute atomic E-state index is 13.5. The average Bonchev–Trinajstić information content (AvgIpc) is 3.09. The fraction of sp³-hybridized carbons (Fsp3) is 0.115. The number of amides is 1. The van der Waals surface area contributed by atoms with Gasteiger partial charge in [0.1, 0.15) is 5.75 Å². The van der Waals surface area contributed by atoms with Gasteiger partial charge in [-0.1, -0.05) is 54.1 Å². The van der Waals surface area contributed by atoms with Crippen molar-refractivity contribution in [2.75, 3.05) is 11.5 Å². The van der Waals surface area contributed by atoms with Gasteiger partial charge in [0.2, 0.25) is 0 Å². The summed E-state index contributed by atoms with van der Waals surface area (Å²) in [6, 6.07) is 21.3. The van der Waals surface area contributed by atoms with Gasteiger partial charge in [0.05, 0.1) is 22.5 Å². The van der Waals surface area contributed by atoms with Crippen LogP contribution in [-0.2, 0) is 4.79 Å². The van der Waals surface area contributed by atoms with E-state index in [-0.39, 0.29) is 5.91 Å². The molecule has 3 nitrogen and oxygen atoms in total. The predicted octanol–water partition coefficient (Wildman–Crippen LogP) is 7.28. The zero-order valence-corrected chi connectivity index (χ0v) is 19.6. The fourth-order valence-electron chi connectivity index (χ4n) is 3.57. The Morgan fingerprint density at radius 2 is 1.84 bits per heavy atom. The maximum Gasteiger partial charge on any atom is 0.262 e. The first-order chi connectivity index (χ1) is 15.0. The number of anilines is 1. The molecular weight excluding hydrogens is 474 g/mol. The van der Waals surface area contributed by atoms with Gasteiger partial charge in [-0.25, -0.2) is 0 Å². The maximum atomic E-state index is 13.5. The van der Waals surface area contributed by atoms with Gasteiger partial charge in [-0.3, -0.25) is 9.69 Å². The van der Waals surface area contributed by atoms with Gasteiger partial charge < -0.3 is 4.74 Å². The second-order valence-electron chi connectivity index (χ2n) is 7.14. The molecule has 0 N–H and O–H groups in total. The number of nitrogens with zero attached hydrogens (tertiary/aromatic N) is 1. The van der Waals surface area contributed by atoms with Gasteiger partial charge in [0.25, 0.3) is 5.91 Å². The highest BCUT2D eigenvalue weighted by Gasteiger charge is 2.31. The van der Waals surface area contributed by atoms with E-state index < -0.39 is 0 Å². The van der Waals surface area contributed by atoms with Crippen LogP contribution in [0.1, 0.15) is 23.6 Å². The normalized spacial score (nSPS) is 14.8. The van der Waals surface area contributed by atoms with Crippen molar-refractivity contribution < 1.29 is 9.53 Å². The fourth-order valence-corrected chi connectivity index (χ4v) is 4.25. The number of hydrogen-bond donors (Lipinski definition) is 0. The van der Waals surface area contributed by atoms with Crippen LogP contribution < -0.4 is 9.64 Å². The SMILES string of the molecule is CCOc1ccc(/C=C2\C=C(c3ccccc3)N(c3cccc(Cl)c3C)C2=O)cc1Br. The summed E-state index contributed by atoms with van der Waals surface area (Å²) in [5.41, 5.74) is 4.95. The molecule has 4 rings (SSSR count). The minimum Gasteiger partial charge on any atom is -0.493 e. The molecule has 156 valence electrons. The minimum absolute atomic E-state index is 0.0887. The zero-order valence-electron chi connectivity index (χ0n) is 17.2. The van der Waals surface area contributed by atoms with E-state index in [9.17, 15) is 4.79 Å². The summed E-state index contributed by atoms with van der Waals surface area (Å²) in [6.45, 7) is 4.47. The summed E-state index contributed by atoms with van der Waals surface area (Å²) in [5.74, 6) is 0.688. The van der Waals surface area contributed by atoms with Crippen LogP contribution >= 0.6 is 27.5 Å². The standard InChI is InChI=1S/C26H21BrClNO2/c1-3-31-25-13-12-18(15-21(25)27)14-20-16-24(19-8-5-4-6-9-19)29(26(20)30)23-11-7-10-22(28)17(23)2/h4-16H,3H2,1-2H3/b20-14+. The van der Waals surface area contributed by atoms with Crippen LogP contribution in [-0.4, -0.2) is 12.5 Å². The minimum atomic E-state index is -0.0887. The van der Waals surface area contributed by atoms with E-state index in [4.69, 9.17) is 16.3 Å². The van der Waals surface area contributed by atoms with E-state index in [0.29, 0.717) is 17.2 Å². The Morgan fingerprint density at radius 3 is 2.55 bits per heavy atom. The van der Waals surface area contributed by atoms with Crippen molar-refractivity contribution in [3.8, 4) is 5.75 Å². The van der Waals surface area contributed by atoms with Crippen molar-refractivity contribution in [2.24, 2.45) is 0 Å². The molecule has 0 saturated heterocycles. The summed E-state index contributed by atoms with van der Waals surface area (Å²) in [5, 5.41) is 0.630. The van der Waals surface area contributed by atoms with Crippen LogP contribution in [0.5, 0.6) is 5.75 Å². The molecule has 0 unspecified atom stereocenters. The third-order valence-corrected chi connectivity index (χ3v) is 6.14. The molecule has 0 bridgehead atoms. The Bertz CT molecular complexity index is 1200. The van der Waals surface area contributed by atoms with Crippen molar-refractivity contribution >= 4 is 50.9 Å². The Kier molecular flexibility index (Phi) is 6.30. The van der Waals surface area contributed by atoms with Gasteiger partial charge in [0, 0.05) is 10.6 Å². The van der Waals surface area contributed by atoms with Gasteiger partial charge >= 0.3 is 0 Å². The number of hydrogen-bond acceptors (Lipinski definition) is 2. The molecule has 0 saturated carbocycles. The lowest BCUT2D eigenvalue weighted by molar-refractivity contribution is -0.113. The highest BCUT2D eigenvalue weighted by Crippen LogP contribution is 2.38. The first-order valence-corrected chi connectivity index (χ1v) is 11.2.